The molecule has 0 heterocycles. The maximum absolute atomic E-state index is 12.9. The van der Waals surface area contributed by atoms with Crippen molar-refractivity contribution in [2.45, 2.75) is 44.3 Å². The van der Waals surface area contributed by atoms with Crippen LogP contribution in [0.3, 0.4) is 0 Å². The van der Waals surface area contributed by atoms with Crippen molar-refractivity contribution in [2.24, 2.45) is 0 Å². The van der Waals surface area contributed by atoms with Crippen LogP contribution in [0.5, 0.6) is 0 Å². The fraction of sp³-hybridized carbons (Fsp3) is 0.350. The van der Waals surface area contributed by atoms with Gasteiger partial charge in [0.25, 0.3) is 0 Å². The van der Waals surface area contributed by atoms with Gasteiger partial charge in [-0.1, -0.05) is 79.9 Å². The van der Waals surface area contributed by atoms with Gasteiger partial charge in [0.1, 0.15) is 6.10 Å². The molecule has 0 N–H and O–H groups in total. The van der Waals surface area contributed by atoms with Gasteiger partial charge in [-0.25, -0.2) is 0 Å². The van der Waals surface area contributed by atoms with Gasteiger partial charge in [0.05, 0.1) is 6.10 Å². The second kappa shape index (κ2) is 7.37. The van der Waals surface area contributed by atoms with E-state index in [1.165, 1.54) is 19.3 Å². The van der Waals surface area contributed by atoms with E-state index in [9.17, 15) is 4.79 Å². The molecule has 3 rings (SSSR count). The highest BCUT2D eigenvalue weighted by Gasteiger charge is 2.27. The van der Waals surface area contributed by atoms with Crippen molar-refractivity contribution in [1.82, 2.24) is 0 Å². The standard InChI is InChI=1S/C20H22O2/c21-19(16-10-4-1-5-11-16)20(17-12-6-2-7-13-17)22-18-14-8-3-9-15-18/h1-2,4-7,10-13,18,20H,3,8-9,14-15H2/t20-/m0/s1. The predicted molar refractivity (Wildman–Crippen MR) is 87.9 cm³/mol. The lowest BCUT2D eigenvalue weighted by Crippen LogP contribution is -2.25. The Morgan fingerprint density at radius 2 is 1.45 bits per heavy atom. The first-order chi connectivity index (χ1) is 10.8. The molecular weight excluding hydrogens is 272 g/mol. The van der Waals surface area contributed by atoms with Crippen LogP contribution in [0.15, 0.2) is 60.7 Å². The highest BCUT2D eigenvalue weighted by Crippen LogP contribution is 2.29. The van der Waals surface area contributed by atoms with Crippen LogP contribution < -0.4 is 0 Å². The van der Waals surface area contributed by atoms with E-state index >= 15 is 0 Å². The molecule has 114 valence electrons. The summed E-state index contributed by atoms with van der Waals surface area (Å²) in [4.78, 5) is 12.9. The summed E-state index contributed by atoms with van der Waals surface area (Å²) in [5.74, 6) is 0.0531. The minimum atomic E-state index is -0.494. The van der Waals surface area contributed by atoms with E-state index in [-0.39, 0.29) is 11.9 Å². The lowest BCUT2D eigenvalue weighted by Gasteiger charge is -2.27. The van der Waals surface area contributed by atoms with E-state index < -0.39 is 6.10 Å². The molecule has 0 amide bonds. The smallest absolute Gasteiger partial charge is 0.196 e. The zero-order valence-corrected chi connectivity index (χ0v) is 12.8. The van der Waals surface area contributed by atoms with Gasteiger partial charge in [0.2, 0.25) is 0 Å². The van der Waals surface area contributed by atoms with Crippen molar-refractivity contribution in [3.05, 3.63) is 71.8 Å². The van der Waals surface area contributed by atoms with Crippen LogP contribution >= 0.6 is 0 Å². The number of carbonyl (C=O) groups excluding carboxylic acids is 1. The fourth-order valence-corrected chi connectivity index (χ4v) is 3.07. The van der Waals surface area contributed by atoms with E-state index in [0.717, 1.165) is 18.4 Å². The molecule has 0 radical (unpaired) electrons. The van der Waals surface area contributed by atoms with Crippen LogP contribution in [0.1, 0.15) is 54.1 Å². The third-order valence-corrected chi connectivity index (χ3v) is 4.28. The Kier molecular flexibility index (Phi) is 5.02. The average Bonchev–Trinajstić information content (AvgIpc) is 2.61. The number of ether oxygens (including phenoxy) is 1. The lowest BCUT2D eigenvalue weighted by atomic mass is 9.95. The number of ketones is 1. The Balaban J connectivity index is 1.84. The van der Waals surface area contributed by atoms with E-state index in [4.69, 9.17) is 4.74 Å². The van der Waals surface area contributed by atoms with Crippen LogP contribution in [-0.4, -0.2) is 11.9 Å². The van der Waals surface area contributed by atoms with Crippen LogP contribution in [0.2, 0.25) is 0 Å². The normalized spacial score (nSPS) is 17.1. The third-order valence-electron chi connectivity index (χ3n) is 4.28. The summed E-state index contributed by atoms with van der Waals surface area (Å²) in [5.41, 5.74) is 1.66. The summed E-state index contributed by atoms with van der Waals surface area (Å²) < 4.78 is 6.24. The maximum atomic E-state index is 12.9. The highest BCUT2D eigenvalue weighted by molar-refractivity contribution is 6.00. The lowest BCUT2D eigenvalue weighted by molar-refractivity contribution is -0.0200. The molecule has 0 bridgehead atoms. The summed E-state index contributed by atoms with van der Waals surface area (Å²) in [5, 5.41) is 0. The second-order valence-corrected chi connectivity index (χ2v) is 5.92. The zero-order chi connectivity index (χ0) is 15.2. The minimum Gasteiger partial charge on any atom is -0.362 e. The van der Waals surface area contributed by atoms with Crippen LogP contribution in [-0.2, 0) is 4.74 Å². The Morgan fingerprint density at radius 1 is 0.864 bits per heavy atom. The summed E-state index contributed by atoms with van der Waals surface area (Å²) in [6.07, 6.45) is 5.51. The average molecular weight is 294 g/mol. The number of hydrogen-bond acceptors (Lipinski definition) is 2. The first-order valence-corrected chi connectivity index (χ1v) is 8.14. The second-order valence-electron chi connectivity index (χ2n) is 5.92. The number of carbonyl (C=O) groups is 1. The van der Waals surface area contributed by atoms with Crippen LogP contribution in [0, 0.1) is 0 Å². The summed E-state index contributed by atoms with van der Waals surface area (Å²) in [7, 11) is 0. The van der Waals surface area contributed by atoms with Gasteiger partial charge in [-0.3, -0.25) is 4.79 Å². The van der Waals surface area contributed by atoms with Gasteiger partial charge < -0.3 is 4.74 Å². The summed E-state index contributed by atoms with van der Waals surface area (Å²) >= 11 is 0. The molecule has 2 aromatic carbocycles. The summed E-state index contributed by atoms with van der Waals surface area (Å²) in [6.45, 7) is 0. The van der Waals surface area contributed by atoms with Crippen molar-refractivity contribution >= 4 is 5.78 Å². The topological polar surface area (TPSA) is 26.3 Å². The first kappa shape index (κ1) is 15.0. The monoisotopic (exact) mass is 294 g/mol. The minimum absolute atomic E-state index is 0.0531. The number of rotatable bonds is 5. The maximum Gasteiger partial charge on any atom is 0.196 e. The number of Topliss-reactive ketones (excluding diaryl/α,β-unsaturated/α-hetero) is 1. The van der Waals surface area contributed by atoms with Gasteiger partial charge in [-0.2, -0.15) is 0 Å². The molecule has 1 atom stereocenters. The molecule has 0 aromatic heterocycles. The molecule has 0 saturated heterocycles. The van der Waals surface area contributed by atoms with E-state index in [1.54, 1.807) is 0 Å². The predicted octanol–water partition coefficient (Wildman–Crippen LogP) is 4.96. The van der Waals surface area contributed by atoms with Gasteiger partial charge in [-0.15, -0.1) is 0 Å². The van der Waals surface area contributed by atoms with Gasteiger partial charge in [-0.05, 0) is 18.4 Å². The summed E-state index contributed by atoms with van der Waals surface area (Å²) in [6, 6.07) is 19.3. The zero-order valence-electron chi connectivity index (χ0n) is 12.8. The van der Waals surface area contributed by atoms with Crippen molar-refractivity contribution in [3.8, 4) is 0 Å². The molecule has 22 heavy (non-hydrogen) atoms. The van der Waals surface area contributed by atoms with Gasteiger partial charge in [0.15, 0.2) is 5.78 Å². The molecule has 2 aromatic rings. The Hall–Kier alpha value is -1.93. The van der Waals surface area contributed by atoms with Crippen LogP contribution in [0.25, 0.3) is 0 Å². The SMILES string of the molecule is O=C(c1ccccc1)[C@@H](OC1CCCCC1)c1ccccc1. The molecule has 2 heteroatoms. The molecule has 1 aliphatic rings. The molecule has 1 aliphatic carbocycles. The first-order valence-electron chi connectivity index (χ1n) is 8.14. The molecule has 0 spiro atoms. The third kappa shape index (κ3) is 3.63. The van der Waals surface area contributed by atoms with Crippen molar-refractivity contribution in [2.75, 3.05) is 0 Å². The molecular formula is C20H22O2. The van der Waals surface area contributed by atoms with E-state index in [0.29, 0.717) is 5.56 Å². The fourth-order valence-electron chi connectivity index (χ4n) is 3.07. The molecule has 1 saturated carbocycles. The quantitative estimate of drug-likeness (QED) is 0.728. The van der Waals surface area contributed by atoms with Gasteiger partial charge in [0, 0.05) is 5.56 Å². The molecule has 1 fully saturated rings. The van der Waals surface area contributed by atoms with E-state index in [1.807, 2.05) is 60.7 Å². The van der Waals surface area contributed by atoms with Gasteiger partial charge >= 0.3 is 0 Å². The highest BCUT2D eigenvalue weighted by atomic mass is 16.5. The number of hydrogen-bond donors (Lipinski definition) is 0. The van der Waals surface area contributed by atoms with E-state index in [2.05, 4.69) is 0 Å². The van der Waals surface area contributed by atoms with Crippen molar-refractivity contribution in [3.63, 3.8) is 0 Å². The Labute approximate surface area is 132 Å². The van der Waals surface area contributed by atoms with Crippen LogP contribution in [0.4, 0.5) is 0 Å². The number of benzene rings is 2. The Morgan fingerprint density at radius 3 is 2.09 bits per heavy atom. The largest absolute Gasteiger partial charge is 0.362 e. The van der Waals surface area contributed by atoms with Crippen molar-refractivity contribution in [1.29, 1.82) is 0 Å². The molecule has 0 aliphatic heterocycles. The van der Waals surface area contributed by atoms with Crippen molar-refractivity contribution < 1.29 is 9.53 Å². The molecule has 2 nitrogen and oxygen atoms in total. The molecule has 0 unspecified atom stereocenters. The Bertz CT molecular complexity index is 586.